The van der Waals surface area contributed by atoms with Crippen molar-refractivity contribution >= 4 is 35.0 Å². The number of nitrogens with zero attached hydrogens (tertiary/aromatic N) is 2. The van der Waals surface area contributed by atoms with E-state index in [1.165, 1.54) is 12.1 Å². The Balaban J connectivity index is 1.63. The summed E-state index contributed by atoms with van der Waals surface area (Å²) in [5.74, 6) is -1.09. The number of benzene rings is 2. The molecule has 1 N–H and O–H groups in total. The van der Waals surface area contributed by atoms with Crippen molar-refractivity contribution in [1.82, 2.24) is 9.80 Å². The van der Waals surface area contributed by atoms with Gasteiger partial charge >= 0.3 is 0 Å². The average Bonchev–Trinajstić information content (AvgIpc) is 2.72. The van der Waals surface area contributed by atoms with Gasteiger partial charge in [-0.1, -0.05) is 38.4 Å². The lowest BCUT2D eigenvalue weighted by Crippen LogP contribution is -2.50. The zero-order valence-corrected chi connectivity index (χ0v) is 18.5. The summed E-state index contributed by atoms with van der Waals surface area (Å²) in [6.07, 6.45) is 0. The molecule has 6 nitrogen and oxygen atoms in total. The van der Waals surface area contributed by atoms with E-state index in [2.05, 4.69) is 5.32 Å². The van der Waals surface area contributed by atoms with E-state index in [-0.39, 0.29) is 28.3 Å². The second-order valence-corrected chi connectivity index (χ2v) is 8.90. The highest BCUT2D eigenvalue weighted by Gasteiger charge is 2.27. The number of carbonyl (C=O) groups is 3. The van der Waals surface area contributed by atoms with Crippen LogP contribution in [0.4, 0.5) is 10.1 Å². The molecule has 8 heteroatoms. The average molecular weight is 446 g/mol. The molecule has 1 saturated heterocycles. The van der Waals surface area contributed by atoms with Crippen LogP contribution in [0.15, 0.2) is 42.5 Å². The Morgan fingerprint density at radius 2 is 1.55 bits per heavy atom. The first kappa shape index (κ1) is 22.7. The highest BCUT2D eigenvalue weighted by atomic mass is 35.5. The van der Waals surface area contributed by atoms with Crippen LogP contribution in [-0.2, 0) is 4.79 Å². The number of rotatable bonds is 3. The van der Waals surface area contributed by atoms with Crippen LogP contribution < -0.4 is 5.32 Å². The molecule has 31 heavy (non-hydrogen) atoms. The standard InChI is InChI=1S/C23H25ClFN3O3/c1-23(2,3)22(31)26-17-6-4-5-15(13-17)20(29)27-9-11-28(12-10-27)21(30)18-8-7-16(25)14-19(18)24/h4-8,13-14H,9-12H2,1-3H3,(H,26,31). The Labute approximate surface area is 186 Å². The zero-order chi connectivity index (χ0) is 22.8. The number of anilines is 1. The van der Waals surface area contributed by atoms with Crippen molar-refractivity contribution in [3.63, 3.8) is 0 Å². The van der Waals surface area contributed by atoms with E-state index in [0.29, 0.717) is 37.4 Å². The van der Waals surface area contributed by atoms with Gasteiger partial charge in [0.15, 0.2) is 0 Å². The van der Waals surface area contributed by atoms with Gasteiger partial charge in [-0.05, 0) is 36.4 Å². The Hall–Kier alpha value is -2.93. The third-order valence-corrected chi connectivity index (χ3v) is 5.38. The van der Waals surface area contributed by atoms with Gasteiger partial charge in [-0.15, -0.1) is 0 Å². The fourth-order valence-corrected chi connectivity index (χ4v) is 3.43. The maximum atomic E-state index is 13.2. The number of carbonyl (C=O) groups excluding carboxylic acids is 3. The SMILES string of the molecule is CC(C)(C)C(=O)Nc1cccc(C(=O)N2CCN(C(=O)c3ccc(F)cc3Cl)CC2)c1. The van der Waals surface area contributed by atoms with E-state index in [1.54, 1.807) is 34.1 Å². The quantitative estimate of drug-likeness (QED) is 0.774. The summed E-state index contributed by atoms with van der Waals surface area (Å²) in [5.41, 5.74) is 0.722. The smallest absolute Gasteiger partial charge is 0.255 e. The van der Waals surface area contributed by atoms with Crippen LogP contribution in [0.5, 0.6) is 0 Å². The van der Waals surface area contributed by atoms with Gasteiger partial charge < -0.3 is 15.1 Å². The van der Waals surface area contributed by atoms with Gasteiger partial charge in [0.1, 0.15) is 5.82 Å². The molecule has 1 heterocycles. The van der Waals surface area contributed by atoms with Crippen LogP contribution in [0.1, 0.15) is 41.5 Å². The van der Waals surface area contributed by atoms with E-state index in [0.717, 1.165) is 6.07 Å². The summed E-state index contributed by atoms with van der Waals surface area (Å²) in [7, 11) is 0. The lowest BCUT2D eigenvalue weighted by atomic mass is 9.95. The Morgan fingerprint density at radius 3 is 2.13 bits per heavy atom. The molecule has 2 aromatic carbocycles. The molecule has 0 aromatic heterocycles. The van der Waals surface area contributed by atoms with Crippen LogP contribution in [-0.4, -0.2) is 53.7 Å². The molecule has 0 saturated carbocycles. The molecule has 2 aromatic rings. The topological polar surface area (TPSA) is 69.7 Å². The zero-order valence-electron chi connectivity index (χ0n) is 17.7. The lowest BCUT2D eigenvalue weighted by molar-refractivity contribution is -0.123. The summed E-state index contributed by atoms with van der Waals surface area (Å²) in [6.45, 7) is 6.87. The van der Waals surface area contributed by atoms with Gasteiger partial charge in [-0.3, -0.25) is 14.4 Å². The van der Waals surface area contributed by atoms with Crippen molar-refractivity contribution in [2.24, 2.45) is 5.41 Å². The van der Waals surface area contributed by atoms with Gasteiger partial charge in [-0.25, -0.2) is 4.39 Å². The first-order chi connectivity index (χ1) is 14.6. The molecule has 0 radical (unpaired) electrons. The predicted molar refractivity (Wildman–Crippen MR) is 118 cm³/mol. The van der Waals surface area contributed by atoms with Gasteiger partial charge in [0.25, 0.3) is 11.8 Å². The van der Waals surface area contributed by atoms with Crippen molar-refractivity contribution in [3.8, 4) is 0 Å². The molecule has 0 bridgehead atoms. The fourth-order valence-electron chi connectivity index (χ4n) is 3.18. The van der Waals surface area contributed by atoms with Crippen LogP contribution in [0.25, 0.3) is 0 Å². The molecule has 3 rings (SSSR count). The molecule has 0 aliphatic carbocycles. The van der Waals surface area contributed by atoms with Crippen LogP contribution in [0, 0.1) is 11.2 Å². The lowest BCUT2D eigenvalue weighted by Gasteiger charge is -2.35. The van der Waals surface area contributed by atoms with Crippen molar-refractivity contribution in [2.45, 2.75) is 20.8 Å². The van der Waals surface area contributed by atoms with Gasteiger partial charge in [0.05, 0.1) is 10.6 Å². The number of amides is 3. The summed E-state index contributed by atoms with van der Waals surface area (Å²) in [4.78, 5) is 41.1. The third-order valence-electron chi connectivity index (χ3n) is 5.06. The molecular weight excluding hydrogens is 421 g/mol. The minimum absolute atomic E-state index is 0.0672. The summed E-state index contributed by atoms with van der Waals surface area (Å²) >= 11 is 6.00. The maximum absolute atomic E-state index is 13.2. The second-order valence-electron chi connectivity index (χ2n) is 8.49. The summed E-state index contributed by atoms with van der Waals surface area (Å²) < 4.78 is 13.2. The molecule has 0 spiro atoms. The third kappa shape index (κ3) is 5.41. The Morgan fingerprint density at radius 1 is 0.935 bits per heavy atom. The molecule has 164 valence electrons. The molecule has 0 atom stereocenters. The van der Waals surface area contributed by atoms with Crippen molar-refractivity contribution in [2.75, 3.05) is 31.5 Å². The van der Waals surface area contributed by atoms with Gasteiger partial charge in [0.2, 0.25) is 5.91 Å². The predicted octanol–water partition coefficient (Wildman–Crippen LogP) is 4.06. The first-order valence-electron chi connectivity index (χ1n) is 10.0. The van der Waals surface area contributed by atoms with Crippen molar-refractivity contribution in [1.29, 1.82) is 0 Å². The minimum Gasteiger partial charge on any atom is -0.335 e. The molecule has 0 unspecified atom stereocenters. The van der Waals surface area contributed by atoms with E-state index in [4.69, 9.17) is 11.6 Å². The normalized spacial score (nSPS) is 14.4. The molecule has 1 aliphatic rings. The molecule has 1 fully saturated rings. The second kappa shape index (κ2) is 9.06. The van der Waals surface area contributed by atoms with Crippen LogP contribution in [0.3, 0.4) is 0 Å². The summed E-state index contributed by atoms with van der Waals surface area (Å²) in [5, 5.41) is 2.89. The maximum Gasteiger partial charge on any atom is 0.255 e. The fraction of sp³-hybridized carbons (Fsp3) is 0.348. The molecule has 3 amide bonds. The number of piperazine rings is 1. The van der Waals surface area contributed by atoms with E-state index in [1.807, 2.05) is 20.8 Å². The van der Waals surface area contributed by atoms with Crippen LogP contribution >= 0.6 is 11.6 Å². The monoisotopic (exact) mass is 445 g/mol. The summed E-state index contributed by atoms with van der Waals surface area (Å²) in [6, 6.07) is 10.5. The van der Waals surface area contributed by atoms with E-state index < -0.39 is 11.2 Å². The van der Waals surface area contributed by atoms with Crippen molar-refractivity contribution < 1.29 is 18.8 Å². The Bertz CT molecular complexity index is 1010. The van der Waals surface area contributed by atoms with E-state index in [9.17, 15) is 18.8 Å². The largest absolute Gasteiger partial charge is 0.335 e. The van der Waals surface area contributed by atoms with Gasteiger partial charge in [-0.2, -0.15) is 0 Å². The number of hydrogen-bond donors (Lipinski definition) is 1. The Kier molecular flexibility index (Phi) is 6.65. The number of nitrogens with one attached hydrogen (secondary N) is 1. The highest BCUT2D eigenvalue weighted by molar-refractivity contribution is 6.33. The molecule has 1 aliphatic heterocycles. The number of hydrogen-bond acceptors (Lipinski definition) is 3. The minimum atomic E-state index is -0.545. The highest BCUT2D eigenvalue weighted by Crippen LogP contribution is 2.21. The van der Waals surface area contributed by atoms with E-state index >= 15 is 0 Å². The number of halogens is 2. The van der Waals surface area contributed by atoms with Gasteiger partial charge in [0, 0.05) is 42.8 Å². The first-order valence-corrected chi connectivity index (χ1v) is 10.4. The van der Waals surface area contributed by atoms with Crippen LogP contribution in [0.2, 0.25) is 5.02 Å². The molecular formula is C23H25ClFN3O3. The van der Waals surface area contributed by atoms with Crippen molar-refractivity contribution in [3.05, 3.63) is 64.4 Å².